The maximum Gasteiger partial charge on any atom is 0.416 e. The molecule has 2 aliphatic rings. The molecule has 12 heteroatoms. The topological polar surface area (TPSA) is 59.4 Å². The van der Waals surface area contributed by atoms with Gasteiger partial charge in [-0.2, -0.15) is 31.4 Å². The zero-order chi connectivity index (χ0) is 24.9. The molecule has 0 saturated carbocycles. The van der Waals surface area contributed by atoms with Crippen molar-refractivity contribution >= 4 is 6.47 Å². The molecule has 1 aromatic carbocycles. The van der Waals surface area contributed by atoms with Crippen LogP contribution in [0.1, 0.15) is 46.8 Å². The van der Waals surface area contributed by atoms with Gasteiger partial charge in [0.2, 0.25) is 0 Å². The van der Waals surface area contributed by atoms with Crippen LogP contribution in [-0.4, -0.2) is 47.8 Å². The number of rotatable bonds is 4. The maximum absolute atomic E-state index is 12.4. The number of nitrogens with one attached hydrogen (secondary N) is 1. The third kappa shape index (κ3) is 6.95. The minimum Gasteiger partial charge on any atom is -0.463 e. The van der Waals surface area contributed by atoms with Gasteiger partial charge >= 0.3 is 12.4 Å². The average Bonchev–Trinajstić information content (AvgIpc) is 3.20. The number of aromatic nitrogens is 2. The lowest BCUT2D eigenvalue weighted by Gasteiger charge is -2.22. The highest BCUT2D eigenvalue weighted by molar-refractivity contribution is 5.38. The van der Waals surface area contributed by atoms with E-state index < -0.39 is 30.1 Å². The van der Waals surface area contributed by atoms with Crippen LogP contribution in [0.15, 0.2) is 24.3 Å². The van der Waals surface area contributed by atoms with E-state index >= 15 is 0 Å². The summed E-state index contributed by atoms with van der Waals surface area (Å²) < 4.78 is 80.6. The minimum atomic E-state index is -4.91. The van der Waals surface area contributed by atoms with Gasteiger partial charge in [0.15, 0.2) is 0 Å². The van der Waals surface area contributed by atoms with Gasteiger partial charge in [-0.25, -0.2) is 0 Å². The monoisotopic (exact) mass is 492 g/mol. The Bertz CT molecular complexity index is 935. The van der Waals surface area contributed by atoms with E-state index in [0.717, 1.165) is 32.7 Å². The molecular formula is C22H26F6N4O2. The van der Waals surface area contributed by atoms with Gasteiger partial charge in [0.25, 0.3) is 6.47 Å². The number of piperidine rings is 1. The van der Waals surface area contributed by atoms with Crippen molar-refractivity contribution in [3.8, 4) is 0 Å². The molecular weight excluding hydrogens is 466 g/mol. The van der Waals surface area contributed by atoms with Crippen molar-refractivity contribution in [2.75, 3.05) is 26.7 Å². The Balaban J connectivity index is 0.000000191. The normalized spacial score (nSPS) is 17.5. The van der Waals surface area contributed by atoms with Crippen LogP contribution >= 0.6 is 0 Å². The summed E-state index contributed by atoms with van der Waals surface area (Å²) in [4.78, 5) is 12.2. The van der Waals surface area contributed by atoms with Crippen molar-refractivity contribution in [3.05, 3.63) is 52.3 Å². The fourth-order valence-electron chi connectivity index (χ4n) is 3.97. The molecule has 0 amide bonds. The lowest BCUT2D eigenvalue weighted by Crippen LogP contribution is -2.30. The summed E-state index contributed by atoms with van der Waals surface area (Å²) >= 11 is 0. The Morgan fingerprint density at radius 3 is 2.21 bits per heavy atom. The van der Waals surface area contributed by atoms with Gasteiger partial charge in [0.1, 0.15) is 6.61 Å². The molecule has 188 valence electrons. The molecule has 0 spiro atoms. The molecule has 2 aromatic rings. The first-order valence-electron chi connectivity index (χ1n) is 10.8. The predicted molar refractivity (Wildman–Crippen MR) is 111 cm³/mol. The summed E-state index contributed by atoms with van der Waals surface area (Å²) in [5, 5.41) is 8.18. The zero-order valence-electron chi connectivity index (χ0n) is 18.5. The summed E-state index contributed by atoms with van der Waals surface area (Å²) in [5.41, 5.74) is -0.554. The van der Waals surface area contributed by atoms with Crippen LogP contribution in [0.5, 0.6) is 0 Å². The van der Waals surface area contributed by atoms with Crippen molar-refractivity contribution in [2.24, 2.45) is 0 Å². The second-order valence-corrected chi connectivity index (χ2v) is 8.37. The van der Waals surface area contributed by atoms with E-state index in [1.807, 2.05) is 0 Å². The third-order valence-corrected chi connectivity index (χ3v) is 5.73. The van der Waals surface area contributed by atoms with E-state index in [1.54, 1.807) is 0 Å². The summed E-state index contributed by atoms with van der Waals surface area (Å²) in [6.07, 6.45) is -7.33. The van der Waals surface area contributed by atoms with E-state index in [0.29, 0.717) is 18.1 Å². The Morgan fingerprint density at radius 2 is 1.65 bits per heavy atom. The number of hydrogen-bond donors (Lipinski definition) is 1. The molecule has 0 unspecified atom stereocenters. The van der Waals surface area contributed by atoms with E-state index in [1.165, 1.54) is 24.2 Å². The molecule has 6 nitrogen and oxygen atoms in total. The number of nitrogens with zero attached hydrogens (tertiary/aromatic N) is 3. The summed E-state index contributed by atoms with van der Waals surface area (Å²) in [6, 6.07) is 3.33. The quantitative estimate of drug-likeness (QED) is 0.513. The molecule has 0 bridgehead atoms. The highest BCUT2D eigenvalue weighted by Crippen LogP contribution is 2.36. The number of carbonyl (C=O) groups is 1. The molecule has 34 heavy (non-hydrogen) atoms. The standard InChI is InChI=1S/C12H20N4.C10H6F6O2/c1-15-6-7-16-11(9-15)8-12(14-16)10-2-4-13-5-3-10;11-9(12,13)7-1-6(4-18-5-17)2-8(3-7)10(14,15)16/h8,10,13H,2-7,9H2,1H3;1-3,5H,4H2. The number of benzene rings is 1. The Kier molecular flexibility index (Phi) is 8.24. The smallest absolute Gasteiger partial charge is 0.416 e. The second-order valence-electron chi connectivity index (χ2n) is 8.37. The Labute approximate surface area is 192 Å². The van der Waals surface area contributed by atoms with E-state index in [2.05, 4.69) is 32.7 Å². The van der Waals surface area contributed by atoms with Crippen molar-refractivity contribution in [1.29, 1.82) is 0 Å². The van der Waals surface area contributed by atoms with Crippen molar-refractivity contribution in [3.63, 3.8) is 0 Å². The molecule has 1 N–H and O–H groups in total. The Hall–Kier alpha value is -2.60. The average molecular weight is 492 g/mol. The van der Waals surface area contributed by atoms with Crippen LogP contribution in [-0.2, 0) is 41.6 Å². The second kappa shape index (κ2) is 10.8. The number of fused-ring (bicyclic) bond motifs is 1. The van der Waals surface area contributed by atoms with Crippen LogP contribution in [0, 0.1) is 0 Å². The van der Waals surface area contributed by atoms with E-state index in [4.69, 9.17) is 5.10 Å². The van der Waals surface area contributed by atoms with Gasteiger partial charge in [-0.05, 0) is 62.8 Å². The summed E-state index contributed by atoms with van der Waals surface area (Å²) in [7, 11) is 2.18. The molecule has 4 rings (SSSR count). The van der Waals surface area contributed by atoms with E-state index in [-0.39, 0.29) is 18.1 Å². The van der Waals surface area contributed by atoms with Crippen LogP contribution in [0.3, 0.4) is 0 Å². The van der Waals surface area contributed by atoms with Crippen LogP contribution in [0.4, 0.5) is 26.3 Å². The Morgan fingerprint density at radius 1 is 1.03 bits per heavy atom. The number of alkyl halides is 6. The summed E-state index contributed by atoms with van der Waals surface area (Å²) in [6.45, 7) is 4.80. The lowest BCUT2D eigenvalue weighted by atomic mass is 9.94. The number of carbonyl (C=O) groups excluding carboxylic acids is 1. The lowest BCUT2D eigenvalue weighted by molar-refractivity contribution is -0.143. The fourth-order valence-corrected chi connectivity index (χ4v) is 3.97. The largest absolute Gasteiger partial charge is 0.463 e. The number of halogens is 6. The molecule has 0 radical (unpaired) electrons. The molecule has 0 aliphatic carbocycles. The van der Waals surface area contributed by atoms with Gasteiger partial charge in [-0.15, -0.1) is 0 Å². The SMILES string of the molecule is CN1CCn2nc(C3CCNCC3)cc2C1.O=COCc1cc(C(F)(F)F)cc(C(F)(F)F)c1. The van der Waals surface area contributed by atoms with Crippen molar-refractivity contribution < 1.29 is 35.9 Å². The van der Waals surface area contributed by atoms with Crippen molar-refractivity contribution in [2.45, 2.75) is 50.8 Å². The fraction of sp³-hybridized carbons (Fsp3) is 0.545. The molecule has 1 aromatic heterocycles. The highest BCUT2D eigenvalue weighted by atomic mass is 19.4. The zero-order valence-corrected chi connectivity index (χ0v) is 18.5. The molecule has 0 atom stereocenters. The van der Waals surface area contributed by atoms with Crippen LogP contribution in [0.25, 0.3) is 0 Å². The van der Waals surface area contributed by atoms with Crippen LogP contribution < -0.4 is 5.32 Å². The van der Waals surface area contributed by atoms with Gasteiger partial charge in [-0.1, -0.05) is 0 Å². The number of likely N-dealkylation sites (N-methyl/N-ethyl adjacent to an activating group) is 1. The first-order chi connectivity index (χ1) is 16.0. The van der Waals surface area contributed by atoms with E-state index in [9.17, 15) is 31.1 Å². The van der Waals surface area contributed by atoms with Gasteiger partial charge in [0, 0.05) is 19.0 Å². The molecule has 2 aliphatic heterocycles. The first-order valence-corrected chi connectivity index (χ1v) is 10.8. The minimum absolute atomic E-state index is 0.00438. The van der Waals surface area contributed by atoms with Crippen LogP contribution in [0.2, 0.25) is 0 Å². The van der Waals surface area contributed by atoms with Gasteiger partial charge < -0.3 is 10.1 Å². The maximum atomic E-state index is 12.4. The first kappa shape index (κ1) is 26.0. The third-order valence-electron chi connectivity index (χ3n) is 5.73. The molecule has 1 saturated heterocycles. The number of ether oxygens (including phenoxy) is 1. The van der Waals surface area contributed by atoms with Gasteiger partial charge in [0.05, 0.1) is 29.1 Å². The predicted octanol–water partition coefficient (Wildman–Crippen LogP) is 4.19. The molecule has 3 heterocycles. The van der Waals surface area contributed by atoms with Crippen molar-refractivity contribution in [1.82, 2.24) is 20.0 Å². The van der Waals surface area contributed by atoms with Gasteiger partial charge in [-0.3, -0.25) is 14.4 Å². The number of hydrogen-bond acceptors (Lipinski definition) is 5. The molecule has 1 fully saturated rings. The summed E-state index contributed by atoms with van der Waals surface area (Å²) in [5.74, 6) is 0.685. The highest BCUT2D eigenvalue weighted by Gasteiger charge is 2.36.